The smallest absolute Gasteiger partial charge is 0.357 e. The van der Waals surface area contributed by atoms with E-state index in [9.17, 15) is 4.79 Å². The summed E-state index contributed by atoms with van der Waals surface area (Å²) >= 11 is 0. The summed E-state index contributed by atoms with van der Waals surface area (Å²) in [6.45, 7) is 1.06. The molecule has 2 atom stereocenters. The number of aryl methyl sites for hydroxylation is 1. The third-order valence-electron chi connectivity index (χ3n) is 6.66. The zero-order valence-electron chi connectivity index (χ0n) is 17.1. The Morgan fingerprint density at radius 1 is 0.903 bits per heavy atom. The van der Waals surface area contributed by atoms with Crippen LogP contribution in [0.5, 0.6) is 11.5 Å². The van der Waals surface area contributed by atoms with Gasteiger partial charge in [-0.05, 0) is 65.8 Å². The Morgan fingerprint density at radius 3 is 2.61 bits per heavy atom. The van der Waals surface area contributed by atoms with Gasteiger partial charge in [0.2, 0.25) is 6.79 Å². The molecule has 2 unspecified atom stereocenters. The van der Waals surface area contributed by atoms with Crippen molar-refractivity contribution >= 4 is 5.97 Å². The fraction of sp³-hybridized carbons (Fsp3) is 0.269. The minimum absolute atomic E-state index is 0.247. The van der Waals surface area contributed by atoms with Gasteiger partial charge in [0.25, 0.3) is 0 Å². The average molecular weight is 413 g/mol. The van der Waals surface area contributed by atoms with Crippen molar-refractivity contribution in [1.29, 1.82) is 0 Å². The quantitative estimate of drug-likeness (QED) is 0.608. The van der Waals surface area contributed by atoms with Crippen molar-refractivity contribution in [2.75, 3.05) is 13.3 Å². The number of nitrogens with zero attached hydrogens (tertiary/aromatic N) is 1. The lowest BCUT2D eigenvalue weighted by Crippen LogP contribution is -2.36. The fourth-order valence-corrected chi connectivity index (χ4v) is 5.12. The van der Waals surface area contributed by atoms with Crippen LogP contribution in [0, 0.1) is 0 Å². The fourth-order valence-electron chi connectivity index (χ4n) is 5.12. The molecule has 1 fully saturated rings. The summed E-state index contributed by atoms with van der Waals surface area (Å²) in [7, 11) is 0. The van der Waals surface area contributed by atoms with Crippen LogP contribution in [0.4, 0.5) is 0 Å². The number of benzene rings is 3. The van der Waals surface area contributed by atoms with Crippen LogP contribution in [0.25, 0.3) is 11.1 Å². The molecule has 2 heterocycles. The maximum absolute atomic E-state index is 12.5. The second-order valence-corrected chi connectivity index (χ2v) is 8.37. The van der Waals surface area contributed by atoms with E-state index in [2.05, 4.69) is 30.3 Å². The van der Waals surface area contributed by atoms with Crippen molar-refractivity contribution in [3.63, 3.8) is 0 Å². The van der Waals surface area contributed by atoms with Crippen molar-refractivity contribution in [3.05, 3.63) is 83.4 Å². The van der Waals surface area contributed by atoms with Gasteiger partial charge in [-0.1, -0.05) is 42.5 Å². The summed E-state index contributed by atoms with van der Waals surface area (Å²) in [5, 5.41) is 1.91. The van der Waals surface area contributed by atoms with Crippen LogP contribution in [-0.4, -0.2) is 30.4 Å². The lowest BCUT2D eigenvalue weighted by molar-refractivity contribution is -0.122. The van der Waals surface area contributed by atoms with Crippen LogP contribution in [0.1, 0.15) is 40.2 Å². The van der Waals surface area contributed by atoms with E-state index >= 15 is 0 Å². The molecule has 0 saturated carbocycles. The maximum atomic E-state index is 12.5. The molecule has 0 radical (unpaired) electrons. The van der Waals surface area contributed by atoms with Gasteiger partial charge < -0.3 is 14.3 Å². The van der Waals surface area contributed by atoms with Gasteiger partial charge in [0.15, 0.2) is 11.5 Å². The third kappa shape index (κ3) is 3.26. The highest BCUT2D eigenvalue weighted by Gasteiger charge is 2.41. The van der Waals surface area contributed by atoms with Gasteiger partial charge >= 0.3 is 5.97 Å². The van der Waals surface area contributed by atoms with Gasteiger partial charge in [0.05, 0.1) is 11.6 Å². The molecule has 5 heteroatoms. The Balaban J connectivity index is 1.22. The van der Waals surface area contributed by atoms with Crippen LogP contribution in [-0.2, 0) is 11.3 Å². The summed E-state index contributed by atoms with van der Waals surface area (Å²) in [5.74, 6) is 1.74. The van der Waals surface area contributed by atoms with Gasteiger partial charge in [0.1, 0.15) is 0 Å². The number of ether oxygens (including phenoxy) is 2. The van der Waals surface area contributed by atoms with Crippen LogP contribution in [0.15, 0.2) is 66.7 Å². The molecule has 31 heavy (non-hydrogen) atoms. The molecule has 156 valence electrons. The van der Waals surface area contributed by atoms with Crippen molar-refractivity contribution in [2.24, 2.45) is 0 Å². The molecule has 3 aromatic rings. The molecular weight excluding hydrogens is 390 g/mol. The molecule has 5 nitrogen and oxygen atoms in total. The van der Waals surface area contributed by atoms with Crippen LogP contribution >= 0.6 is 0 Å². The number of hydroxylamine groups is 2. The summed E-state index contributed by atoms with van der Waals surface area (Å²) in [4.78, 5) is 18.3. The molecule has 0 aromatic heterocycles. The minimum atomic E-state index is -0.273. The molecule has 2 aliphatic heterocycles. The largest absolute Gasteiger partial charge is 0.454 e. The first-order valence-corrected chi connectivity index (χ1v) is 10.8. The number of hydrogen-bond donors (Lipinski definition) is 0. The lowest BCUT2D eigenvalue weighted by Gasteiger charge is -2.32. The standard InChI is InChI=1S/C26H23NO4/c28-26(17-4-2-1-3-5-17)31-27-13-12-22-21-9-6-18(14-20(21)7-10-23(22)27)19-8-11-24-25(15-19)30-16-29-24/h1-6,8-9,11,14-15,22-23H,7,10,12-13,16H2. The number of carbonyl (C=O) groups excluding carboxylic acids is 1. The lowest BCUT2D eigenvalue weighted by atomic mass is 9.79. The van der Waals surface area contributed by atoms with E-state index in [0.717, 1.165) is 42.9 Å². The highest BCUT2D eigenvalue weighted by Crippen LogP contribution is 2.43. The molecule has 0 N–H and O–H groups in total. The molecular formula is C26H23NO4. The number of fused-ring (bicyclic) bond motifs is 4. The first-order chi connectivity index (χ1) is 15.3. The van der Waals surface area contributed by atoms with E-state index in [4.69, 9.17) is 14.3 Å². The van der Waals surface area contributed by atoms with E-state index < -0.39 is 0 Å². The van der Waals surface area contributed by atoms with Gasteiger partial charge in [0, 0.05) is 12.5 Å². The van der Waals surface area contributed by atoms with Crippen LogP contribution in [0.3, 0.4) is 0 Å². The number of hydrogen-bond acceptors (Lipinski definition) is 5. The monoisotopic (exact) mass is 413 g/mol. The molecule has 0 amide bonds. The van der Waals surface area contributed by atoms with Crippen molar-refractivity contribution in [3.8, 4) is 22.6 Å². The van der Waals surface area contributed by atoms with Crippen molar-refractivity contribution in [2.45, 2.75) is 31.2 Å². The Kier molecular flexibility index (Phi) is 4.42. The minimum Gasteiger partial charge on any atom is -0.454 e. The first-order valence-electron chi connectivity index (χ1n) is 10.8. The zero-order valence-corrected chi connectivity index (χ0v) is 17.1. The first kappa shape index (κ1) is 18.5. The topological polar surface area (TPSA) is 48.0 Å². The van der Waals surface area contributed by atoms with E-state index in [1.54, 1.807) is 12.1 Å². The Hall–Kier alpha value is -3.31. The molecule has 3 aliphatic rings. The Bertz CT molecular complexity index is 1140. The van der Waals surface area contributed by atoms with E-state index in [1.165, 1.54) is 16.7 Å². The summed E-state index contributed by atoms with van der Waals surface area (Å²) in [5.41, 5.74) is 5.71. The van der Waals surface area contributed by atoms with Crippen LogP contribution in [0.2, 0.25) is 0 Å². The highest BCUT2D eigenvalue weighted by molar-refractivity contribution is 5.89. The van der Waals surface area contributed by atoms with E-state index in [-0.39, 0.29) is 18.8 Å². The number of carbonyl (C=O) groups is 1. The van der Waals surface area contributed by atoms with Crippen molar-refractivity contribution in [1.82, 2.24) is 5.06 Å². The summed E-state index contributed by atoms with van der Waals surface area (Å²) in [6.07, 6.45) is 2.97. The SMILES string of the molecule is O=C(ON1CCC2c3ccc(-c4ccc5c(c4)OCO5)cc3CCC21)c1ccccc1. The molecule has 1 saturated heterocycles. The average Bonchev–Trinajstić information content (AvgIpc) is 3.46. The van der Waals surface area contributed by atoms with Gasteiger partial charge in [-0.3, -0.25) is 0 Å². The summed E-state index contributed by atoms with van der Waals surface area (Å²) < 4.78 is 11.0. The molecule has 0 spiro atoms. The van der Waals surface area contributed by atoms with E-state index in [1.807, 2.05) is 29.3 Å². The van der Waals surface area contributed by atoms with E-state index in [0.29, 0.717) is 11.5 Å². The second kappa shape index (κ2) is 7.43. The molecule has 1 aliphatic carbocycles. The third-order valence-corrected chi connectivity index (χ3v) is 6.66. The Morgan fingerprint density at radius 2 is 1.71 bits per heavy atom. The predicted molar refractivity (Wildman–Crippen MR) is 116 cm³/mol. The van der Waals surface area contributed by atoms with Crippen LogP contribution < -0.4 is 9.47 Å². The van der Waals surface area contributed by atoms with Gasteiger partial charge in [-0.25, -0.2) is 4.79 Å². The highest BCUT2D eigenvalue weighted by atomic mass is 16.7. The Labute approximate surface area is 181 Å². The predicted octanol–water partition coefficient (Wildman–Crippen LogP) is 4.96. The van der Waals surface area contributed by atoms with Gasteiger partial charge in [-0.15, -0.1) is 5.06 Å². The normalized spacial score (nSPS) is 21.4. The maximum Gasteiger partial charge on any atom is 0.357 e. The second-order valence-electron chi connectivity index (χ2n) is 8.37. The number of rotatable bonds is 3. The van der Waals surface area contributed by atoms with Gasteiger partial charge in [-0.2, -0.15) is 0 Å². The molecule has 0 bridgehead atoms. The zero-order chi connectivity index (χ0) is 20.8. The molecule has 6 rings (SSSR count). The summed E-state index contributed by atoms with van der Waals surface area (Å²) in [6, 6.07) is 22.3. The molecule has 3 aromatic carbocycles. The van der Waals surface area contributed by atoms with Crippen molar-refractivity contribution < 1.29 is 19.1 Å².